The molecular formula is C22H23N3O4. The van der Waals surface area contributed by atoms with E-state index >= 15 is 0 Å². The van der Waals surface area contributed by atoms with Gasteiger partial charge in [0.1, 0.15) is 6.42 Å². The van der Waals surface area contributed by atoms with Gasteiger partial charge in [-0.05, 0) is 42.7 Å². The largest absolute Gasteiger partial charge is 0.449 e. The fourth-order valence-electron chi connectivity index (χ4n) is 2.55. The minimum atomic E-state index is -0.944. The van der Waals surface area contributed by atoms with Crippen molar-refractivity contribution in [3.63, 3.8) is 0 Å². The van der Waals surface area contributed by atoms with Gasteiger partial charge in [0.2, 0.25) is 5.91 Å². The second-order valence-corrected chi connectivity index (χ2v) is 6.56. The van der Waals surface area contributed by atoms with Gasteiger partial charge in [-0.25, -0.2) is 4.79 Å². The highest BCUT2D eigenvalue weighted by molar-refractivity contribution is 5.94. The maximum atomic E-state index is 12.2. The summed E-state index contributed by atoms with van der Waals surface area (Å²) in [6, 6.07) is 17.6. The summed E-state index contributed by atoms with van der Waals surface area (Å²) in [5, 5.41) is 13.8. The van der Waals surface area contributed by atoms with Crippen molar-refractivity contribution < 1.29 is 19.1 Å². The number of ether oxygens (including phenoxy) is 1. The molecule has 7 nitrogen and oxygen atoms in total. The predicted molar refractivity (Wildman–Crippen MR) is 108 cm³/mol. The third-order valence-corrected chi connectivity index (χ3v) is 4.25. The van der Waals surface area contributed by atoms with Gasteiger partial charge in [-0.15, -0.1) is 0 Å². The first-order valence-electron chi connectivity index (χ1n) is 9.21. The van der Waals surface area contributed by atoms with Crippen LogP contribution in [0.2, 0.25) is 0 Å². The van der Waals surface area contributed by atoms with Crippen LogP contribution in [0.3, 0.4) is 0 Å². The normalized spacial score (nSPS) is 12.2. The van der Waals surface area contributed by atoms with E-state index in [2.05, 4.69) is 10.6 Å². The fraction of sp³-hybridized carbons (Fsp3) is 0.273. The molecular weight excluding hydrogens is 370 g/mol. The molecule has 7 heteroatoms. The maximum absolute atomic E-state index is 12.2. The van der Waals surface area contributed by atoms with Gasteiger partial charge in [0, 0.05) is 12.2 Å². The lowest BCUT2D eigenvalue weighted by Crippen LogP contribution is -2.37. The number of nitriles is 1. The molecule has 150 valence electrons. The summed E-state index contributed by atoms with van der Waals surface area (Å²) in [6.45, 7) is 3.95. The highest BCUT2D eigenvalue weighted by Crippen LogP contribution is 2.14. The van der Waals surface area contributed by atoms with Gasteiger partial charge in [0.25, 0.3) is 5.91 Å². The number of hydrogen-bond donors (Lipinski definition) is 2. The number of rotatable bonds is 8. The molecule has 0 saturated carbocycles. The smallest absolute Gasteiger partial charge is 0.338 e. The van der Waals surface area contributed by atoms with Crippen LogP contribution in [-0.2, 0) is 14.3 Å². The molecule has 0 saturated heterocycles. The topological polar surface area (TPSA) is 108 Å². The minimum Gasteiger partial charge on any atom is -0.449 e. The molecule has 0 bridgehead atoms. The molecule has 0 aromatic heterocycles. The lowest BCUT2D eigenvalue weighted by atomic mass is 10.0. The van der Waals surface area contributed by atoms with Crippen molar-refractivity contribution in [3.05, 3.63) is 65.7 Å². The van der Waals surface area contributed by atoms with E-state index < -0.39 is 18.0 Å². The molecule has 0 aliphatic carbocycles. The van der Waals surface area contributed by atoms with Gasteiger partial charge in [0.15, 0.2) is 6.10 Å². The Hall–Kier alpha value is -3.66. The second-order valence-electron chi connectivity index (χ2n) is 6.56. The maximum Gasteiger partial charge on any atom is 0.338 e. The monoisotopic (exact) mass is 393 g/mol. The molecule has 0 aliphatic rings. The Morgan fingerprint density at radius 1 is 1.03 bits per heavy atom. The van der Waals surface area contributed by atoms with Crippen LogP contribution < -0.4 is 10.6 Å². The average Bonchev–Trinajstić information content (AvgIpc) is 2.72. The molecule has 2 amide bonds. The van der Waals surface area contributed by atoms with Gasteiger partial charge in [0.05, 0.1) is 11.6 Å². The Balaban J connectivity index is 1.83. The van der Waals surface area contributed by atoms with Crippen LogP contribution in [0.5, 0.6) is 0 Å². The van der Waals surface area contributed by atoms with E-state index in [0.29, 0.717) is 12.2 Å². The average molecular weight is 393 g/mol. The SMILES string of the molecule is C[C@@H](OC(=O)c1ccc(NC(=O)CC#N)cc1)C(=O)NC[C@H](C)c1ccccc1. The molecule has 2 rings (SSSR count). The van der Waals surface area contributed by atoms with Gasteiger partial charge in [-0.2, -0.15) is 5.26 Å². The summed E-state index contributed by atoms with van der Waals surface area (Å²) >= 11 is 0. The molecule has 0 aliphatic heterocycles. The number of carbonyl (C=O) groups is 3. The van der Waals surface area contributed by atoms with E-state index in [1.54, 1.807) is 6.07 Å². The van der Waals surface area contributed by atoms with Crippen molar-refractivity contribution in [2.75, 3.05) is 11.9 Å². The summed E-state index contributed by atoms with van der Waals surface area (Å²) in [4.78, 5) is 35.8. The summed E-state index contributed by atoms with van der Waals surface area (Å²) in [6.07, 6.45) is -1.19. The minimum absolute atomic E-state index is 0.131. The van der Waals surface area contributed by atoms with Gasteiger partial charge in [-0.1, -0.05) is 37.3 Å². The van der Waals surface area contributed by atoms with Crippen LogP contribution in [0, 0.1) is 11.3 Å². The highest BCUT2D eigenvalue weighted by Gasteiger charge is 2.19. The first-order chi connectivity index (χ1) is 13.9. The summed E-state index contributed by atoms with van der Waals surface area (Å²) < 4.78 is 5.21. The van der Waals surface area contributed by atoms with E-state index in [9.17, 15) is 14.4 Å². The molecule has 2 atom stereocenters. The van der Waals surface area contributed by atoms with Gasteiger partial charge >= 0.3 is 5.97 Å². The second kappa shape index (κ2) is 10.6. The number of benzene rings is 2. The molecule has 0 spiro atoms. The van der Waals surface area contributed by atoms with Crippen LogP contribution in [-0.4, -0.2) is 30.4 Å². The van der Waals surface area contributed by atoms with Gasteiger partial charge in [-0.3, -0.25) is 9.59 Å². The van der Waals surface area contributed by atoms with E-state index in [-0.39, 0.29) is 23.8 Å². The molecule has 2 aromatic rings. The van der Waals surface area contributed by atoms with Crippen LogP contribution in [0.4, 0.5) is 5.69 Å². The van der Waals surface area contributed by atoms with Crippen LogP contribution in [0.15, 0.2) is 54.6 Å². The van der Waals surface area contributed by atoms with Crippen molar-refractivity contribution in [1.82, 2.24) is 5.32 Å². The zero-order chi connectivity index (χ0) is 21.2. The van der Waals surface area contributed by atoms with Crippen LogP contribution >= 0.6 is 0 Å². The number of amides is 2. The summed E-state index contributed by atoms with van der Waals surface area (Å²) in [5.41, 5.74) is 1.82. The van der Waals surface area contributed by atoms with Crippen molar-refractivity contribution in [1.29, 1.82) is 5.26 Å². The Labute approximate surface area is 169 Å². The number of carbonyl (C=O) groups excluding carboxylic acids is 3. The molecule has 0 heterocycles. The quantitative estimate of drug-likeness (QED) is 0.670. The Bertz CT molecular complexity index is 889. The van der Waals surface area contributed by atoms with E-state index in [1.807, 2.05) is 37.3 Å². The van der Waals surface area contributed by atoms with Crippen molar-refractivity contribution in [2.45, 2.75) is 32.3 Å². The summed E-state index contributed by atoms with van der Waals surface area (Å²) in [5.74, 6) is -1.31. The number of nitrogens with zero attached hydrogens (tertiary/aromatic N) is 1. The number of hydrogen-bond acceptors (Lipinski definition) is 5. The Morgan fingerprint density at radius 3 is 2.31 bits per heavy atom. The molecule has 29 heavy (non-hydrogen) atoms. The molecule has 0 fully saturated rings. The lowest BCUT2D eigenvalue weighted by Gasteiger charge is -2.17. The summed E-state index contributed by atoms with van der Waals surface area (Å²) in [7, 11) is 0. The van der Waals surface area contributed by atoms with Crippen molar-refractivity contribution in [3.8, 4) is 6.07 Å². The predicted octanol–water partition coefficient (Wildman–Crippen LogP) is 3.00. The molecule has 0 unspecified atom stereocenters. The zero-order valence-corrected chi connectivity index (χ0v) is 16.3. The Kier molecular flexibility index (Phi) is 7.92. The van der Waals surface area contributed by atoms with Crippen molar-refractivity contribution in [2.24, 2.45) is 0 Å². The third-order valence-electron chi connectivity index (χ3n) is 4.25. The highest BCUT2D eigenvalue weighted by atomic mass is 16.5. The number of anilines is 1. The lowest BCUT2D eigenvalue weighted by molar-refractivity contribution is -0.129. The van der Waals surface area contributed by atoms with E-state index in [1.165, 1.54) is 31.2 Å². The third kappa shape index (κ3) is 6.78. The molecule has 2 N–H and O–H groups in total. The molecule has 0 radical (unpaired) electrons. The first-order valence-corrected chi connectivity index (χ1v) is 9.21. The first kappa shape index (κ1) is 21.6. The number of esters is 1. The number of nitrogens with one attached hydrogen (secondary N) is 2. The molecule has 2 aromatic carbocycles. The van der Waals surface area contributed by atoms with Gasteiger partial charge < -0.3 is 15.4 Å². The van der Waals surface area contributed by atoms with Crippen molar-refractivity contribution >= 4 is 23.5 Å². The zero-order valence-electron chi connectivity index (χ0n) is 16.3. The Morgan fingerprint density at radius 2 is 1.69 bits per heavy atom. The van der Waals surface area contributed by atoms with E-state index in [4.69, 9.17) is 10.00 Å². The fourth-order valence-corrected chi connectivity index (χ4v) is 2.55. The van der Waals surface area contributed by atoms with E-state index in [0.717, 1.165) is 5.56 Å². The van der Waals surface area contributed by atoms with Crippen LogP contribution in [0.25, 0.3) is 0 Å². The van der Waals surface area contributed by atoms with Crippen LogP contribution in [0.1, 0.15) is 42.1 Å². The standard InChI is InChI=1S/C22H23N3O4/c1-15(17-6-4-3-5-7-17)14-24-21(27)16(2)29-22(28)18-8-10-19(11-9-18)25-20(26)12-13-23/h3-11,15-16H,12,14H2,1-2H3,(H,24,27)(H,25,26)/t15-,16+/m0/s1.